The van der Waals surface area contributed by atoms with E-state index in [0.29, 0.717) is 11.0 Å². The van der Waals surface area contributed by atoms with Gasteiger partial charge in [-0.2, -0.15) is 4.98 Å². The van der Waals surface area contributed by atoms with Gasteiger partial charge in [-0.15, -0.1) is 0 Å². The Bertz CT molecular complexity index is 589. The molecule has 2 rings (SSSR count). The Balaban J connectivity index is 2.24. The zero-order valence-electron chi connectivity index (χ0n) is 10.7. The Kier molecular flexibility index (Phi) is 4.61. The van der Waals surface area contributed by atoms with Gasteiger partial charge in [-0.3, -0.25) is 0 Å². The second kappa shape index (κ2) is 6.21. The first-order valence-electron chi connectivity index (χ1n) is 5.90. The standard InChI is InChI=1S/C13H14BrClN4/c1-3-16-13-17-8(2)6-12(19-13)18-9-4-5-11(15)10(14)7-9/h4-7H,3H2,1-2H3,(H2,16,17,18,19). The van der Waals surface area contributed by atoms with Crippen LogP contribution in [-0.4, -0.2) is 16.5 Å². The molecule has 0 aliphatic heterocycles. The van der Waals surface area contributed by atoms with Crippen molar-refractivity contribution in [1.82, 2.24) is 9.97 Å². The molecule has 19 heavy (non-hydrogen) atoms. The van der Waals surface area contributed by atoms with Gasteiger partial charge in [-0.1, -0.05) is 11.6 Å². The van der Waals surface area contributed by atoms with Gasteiger partial charge in [0.25, 0.3) is 0 Å². The Hall–Kier alpha value is -1.33. The largest absolute Gasteiger partial charge is 0.354 e. The second-order valence-corrected chi connectivity index (χ2v) is 5.26. The Morgan fingerprint density at radius 3 is 2.74 bits per heavy atom. The third-order valence-corrected chi connectivity index (χ3v) is 3.60. The van der Waals surface area contributed by atoms with E-state index in [0.717, 1.165) is 28.2 Å². The molecule has 2 N–H and O–H groups in total. The smallest absolute Gasteiger partial charge is 0.224 e. The molecule has 0 bridgehead atoms. The molecule has 0 unspecified atom stereocenters. The van der Waals surface area contributed by atoms with Crippen molar-refractivity contribution in [2.45, 2.75) is 13.8 Å². The SMILES string of the molecule is CCNc1nc(C)cc(Nc2ccc(Cl)c(Br)c2)n1. The Morgan fingerprint density at radius 1 is 1.26 bits per heavy atom. The molecule has 0 aliphatic carbocycles. The summed E-state index contributed by atoms with van der Waals surface area (Å²) in [4.78, 5) is 8.69. The minimum absolute atomic E-state index is 0.623. The van der Waals surface area contributed by atoms with Crippen LogP contribution in [0.5, 0.6) is 0 Å². The number of nitrogens with zero attached hydrogens (tertiary/aromatic N) is 2. The van der Waals surface area contributed by atoms with Crippen molar-refractivity contribution in [2.24, 2.45) is 0 Å². The first kappa shape index (κ1) is 14.1. The van der Waals surface area contributed by atoms with E-state index in [2.05, 4.69) is 36.5 Å². The lowest BCUT2D eigenvalue weighted by Gasteiger charge is -2.09. The summed E-state index contributed by atoms with van der Waals surface area (Å²) in [5, 5.41) is 7.01. The van der Waals surface area contributed by atoms with Gasteiger partial charge in [-0.05, 0) is 48.0 Å². The van der Waals surface area contributed by atoms with E-state index >= 15 is 0 Å². The summed E-state index contributed by atoms with van der Waals surface area (Å²) in [6.45, 7) is 4.73. The number of aromatic nitrogens is 2. The van der Waals surface area contributed by atoms with E-state index in [9.17, 15) is 0 Å². The van der Waals surface area contributed by atoms with Crippen LogP contribution in [0.3, 0.4) is 0 Å². The lowest BCUT2D eigenvalue weighted by atomic mass is 10.3. The molecule has 0 spiro atoms. The molecule has 1 aromatic carbocycles. The van der Waals surface area contributed by atoms with Gasteiger partial charge in [-0.25, -0.2) is 4.98 Å². The van der Waals surface area contributed by atoms with Crippen LogP contribution in [0.4, 0.5) is 17.5 Å². The predicted molar refractivity (Wildman–Crippen MR) is 83.4 cm³/mol. The minimum atomic E-state index is 0.623. The fourth-order valence-electron chi connectivity index (χ4n) is 1.59. The van der Waals surface area contributed by atoms with Gasteiger partial charge in [0, 0.05) is 28.5 Å². The molecule has 0 aliphatic rings. The Labute approximate surface area is 125 Å². The summed E-state index contributed by atoms with van der Waals surface area (Å²) in [5.41, 5.74) is 1.82. The normalized spacial score (nSPS) is 10.3. The summed E-state index contributed by atoms with van der Waals surface area (Å²) in [6.07, 6.45) is 0. The van der Waals surface area contributed by atoms with Crippen LogP contribution in [0, 0.1) is 6.92 Å². The van der Waals surface area contributed by atoms with Gasteiger partial charge in [0.1, 0.15) is 5.82 Å². The summed E-state index contributed by atoms with van der Waals surface area (Å²) in [6, 6.07) is 7.53. The number of nitrogens with one attached hydrogen (secondary N) is 2. The van der Waals surface area contributed by atoms with Crippen LogP contribution in [0.15, 0.2) is 28.7 Å². The van der Waals surface area contributed by atoms with Gasteiger partial charge in [0.2, 0.25) is 5.95 Å². The number of aryl methyl sites for hydroxylation is 1. The van der Waals surface area contributed by atoms with Crippen molar-refractivity contribution < 1.29 is 0 Å². The van der Waals surface area contributed by atoms with Crippen molar-refractivity contribution in [1.29, 1.82) is 0 Å². The van der Waals surface area contributed by atoms with Crippen LogP contribution >= 0.6 is 27.5 Å². The van der Waals surface area contributed by atoms with E-state index in [1.54, 1.807) is 0 Å². The van der Waals surface area contributed by atoms with Crippen LogP contribution in [0.2, 0.25) is 5.02 Å². The molecule has 0 amide bonds. The lowest BCUT2D eigenvalue weighted by molar-refractivity contribution is 1.05. The number of halogens is 2. The van der Waals surface area contributed by atoms with Crippen molar-refractivity contribution >= 4 is 45.0 Å². The molecule has 0 atom stereocenters. The second-order valence-electron chi connectivity index (χ2n) is 4.00. The van der Waals surface area contributed by atoms with Crippen molar-refractivity contribution in [3.8, 4) is 0 Å². The zero-order valence-corrected chi connectivity index (χ0v) is 13.0. The lowest BCUT2D eigenvalue weighted by Crippen LogP contribution is -2.05. The average Bonchev–Trinajstić information content (AvgIpc) is 2.33. The highest BCUT2D eigenvalue weighted by atomic mass is 79.9. The maximum Gasteiger partial charge on any atom is 0.224 e. The third kappa shape index (κ3) is 3.81. The summed E-state index contributed by atoms with van der Waals surface area (Å²) in [7, 11) is 0. The van der Waals surface area contributed by atoms with E-state index in [4.69, 9.17) is 11.6 Å². The van der Waals surface area contributed by atoms with Crippen LogP contribution in [0.1, 0.15) is 12.6 Å². The van der Waals surface area contributed by atoms with Crippen LogP contribution < -0.4 is 10.6 Å². The van der Waals surface area contributed by atoms with Gasteiger partial charge < -0.3 is 10.6 Å². The molecule has 6 heteroatoms. The molecule has 1 aromatic heterocycles. The topological polar surface area (TPSA) is 49.8 Å². The highest BCUT2D eigenvalue weighted by Crippen LogP contribution is 2.27. The van der Waals surface area contributed by atoms with Crippen molar-refractivity contribution in [3.63, 3.8) is 0 Å². The summed E-state index contributed by atoms with van der Waals surface area (Å²) >= 11 is 9.36. The molecule has 2 aromatic rings. The quantitative estimate of drug-likeness (QED) is 0.866. The van der Waals surface area contributed by atoms with Gasteiger partial charge >= 0.3 is 0 Å². The van der Waals surface area contributed by atoms with E-state index in [1.165, 1.54) is 0 Å². The van der Waals surface area contributed by atoms with E-state index < -0.39 is 0 Å². The maximum absolute atomic E-state index is 5.97. The molecule has 100 valence electrons. The fraction of sp³-hybridized carbons (Fsp3) is 0.231. The van der Waals surface area contributed by atoms with Gasteiger partial charge in [0.05, 0.1) is 5.02 Å². The maximum atomic E-state index is 5.97. The van der Waals surface area contributed by atoms with Crippen molar-refractivity contribution in [2.75, 3.05) is 17.2 Å². The molecule has 0 saturated carbocycles. The zero-order chi connectivity index (χ0) is 13.8. The summed E-state index contributed by atoms with van der Waals surface area (Å²) < 4.78 is 0.844. The van der Waals surface area contributed by atoms with Crippen LogP contribution in [-0.2, 0) is 0 Å². The van der Waals surface area contributed by atoms with Gasteiger partial charge in [0.15, 0.2) is 0 Å². The van der Waals surface area contributed by atoms with E-state index in [-0.39, 0.29) is 0 Å². The predicted octanol–water partition coefficient (Wildman–Crippen LogP) is 4.38. The minimum Gasteiger partial charge on any atom is -0.354 e. The highest BCUT2D eigenvalue weighted by molar-refractivity contribution is 9.10. The molecule has 4 nitrogen and oxygen atoms in total. The molecular formula is C13H14BrClN4. The molecule has 0 radical (unpaired) electrons. The first-order valence-corrected chi connectivity index (χ1v) is 7.07. The molecular weight excluding hydrogens is 328 g/mol. The number of anilines is 3. The highest BCUT2D eigenvalue weighted by Gasteiger charge is 2.03. The first-order chi connectivity index (χ1) is 9.08. The number of hydrogen-bond acceptors (Lipinski definition) is 4. The summed E-state index contributed by atoms with van der Waals surface area (Å²) in [5.74, 6) is 1.37. The number of rotatable bonds is 4. The molecule has 0 saturated heterocycles. The monoisotopic (exact) mass is 340 g/mol. The third-order valence-electron chi connectivity index (χ3n) is 2.38. The Morgan fingerprint density at radius 2 is 2.05 bits per heavy atom. The van der Waals surface area contributed by atoms with Crippen molar-refractivity contribution in [3.05, 3.63) is 39.5 Å². The fourth-order valence-corrected chi connectivity index (χ4v) is 2.09. The van der Waals surface area contributed by atoms with Crippen LogP contribution in [0.25, 0.3) is 0 Å². The number of hydrogen-bond donors (Lipinski definition) is 2. The number of benzene rings is 1. The van der Waals surface area contributed by atoms with E-state index in [1.807, 2.05) is 38.1 Å². The molecule has 1 heterocycles. The molecule has 0 fully saturated rings. The average molecular weight is 342 g/mol.